The minimum absolute atomic E-state index is 0.258. The molecule has 2 aromatic rings. The van der Waals surface area contributed by atoms with Gasteiger partial charge in [-0.1, -0.05) is 5.21 Å². The Morgan fingerprint density at radius 3 is 2.73 bits per heavy atom. The lowest BCUT2D eigenvalue weighted by atomic mass is 9.77. The van der Waals surface area contributed by atoms with Gasteiger partial charge in [0.25, 0.3) is 0 Å². The van der Waals surface area contributed by atoms with E-state index in [-0.39, 0.29) is 6.10 Å². The first kappa shape index (κ1) is 16.9. The van der Waals surface area contributed by atoms with E-state index in [1.54, 1.807) is 0 Å². The smallest absolute Gasteiger partial charge is 0.0858 e. The van der Waals surface area contributed by atoms with Crippen molar-refractivity contribution in [2.24, 2.45) is 11.8 Å². The standard InChI is InChI=1S/C20H28N4OS/c1-13-5-6-26-20(13)12-23-9-15-7-18(19(25-2)8-16(15)10-23)24-11-17(21-22-24)14-3-4-14/h5-6,11,14-16,18-19H,3-4,7-10,12H2,1-2H3/t15-,16+,18-,19-/m1/s1. The minimum Gasteiger partial charge on any atom is -0.379 e. The van der Waals surface area contributed by atoms with Crippen molar-refractivity contribution in [3.63, 3.8) is 0 Å². The molecule has 0 radical (unpaired) electrons. The van der Waals surface area contributed by atoms with Crippen LogP contribution in [-0.4, -0.2) is 46.2 Å². The fraction of sp³-hybridized carbons (Fsp3) is 0.700. The lowest BCUT2D eigenvalue weighted by Crippen LogP contribution is -2.37. The second kappa shape index (κ2) is 6.73. The average Bonchev–Trinajstić information content (AvgIpc) is 3.05. The molecule has 2 aliphatic carbocycles. The van der Waals surface area contributed by atoms with Crippen molar-refractivity contribution in [1.29, 1.82) is 0 Å². The summed E-state index contributed by atoms with van der Waals surface area (Å²) in [5.41, 5.74) is 2.62. The van der Waals surface area contributed by atoms with Crippen LogP contribution < -0.4 is 0 Å². The average molecular weight is 373 g/mol. The highest BCUT2D eigenvalue weighted by Gasteiger charge is 2.43. The van der Waals surface area contributed by atoms with Crippen molar-refractivity contribution in [3.05, 3.63) is 33.8 Å². The van der Waals surface area contributed by atoms with Crippen molar-refractivity contribution in [3.8, 4) is 0 Å². The van der Waals surface area contributed by atoms with Gasteiger partial charge in [0.2, 0.25) is 0 Å². The molecule has 0 amide bonds. The summed E-state index contributed by atoms with van der Waals surface area (Å²) in [5.74, 6) is 2.17. The number of methoxy groups -OCH3 is 1. The fourth-order valence-electron chi connectivity index (χ4n) is 4.94. The molecule has 4 atom stereocenters. The molecule has 5 rings (SSSR count). The predicted molar refractivity (Wildman–Crippen MR) is 102 cm³/mol. The monoisotopic (exact) mass is 372 g/mol. The lowest BCUT2D eigenvalue weighted by molar-refractivity contribution is -0.00546. The molecule has 1 aliphatic heterocycles. The molecule has 5 nitrogen and oxygen atoms in total. The molecule has 0 bridgehead atoms. The van der Waals surface area contributed by atoms with E-state index in [9.17, 15) is 0 Å². The number of aromatic nitrogens is 3. The first-order chi connectivity index (χ1) is 12.7. The Morgan fingerprint density at radius 1 is 1.23 bits per heavy atom. The van der Waals surface area contributed by atoms with Crippen LogP contribution in [0.4, 0.5) is 0 Å². The maximum absolute atomic E-state index is 5.91. The third-order valence-corrected chi connectivity index (χ3v) is 7.67. The Labute approximate surface area is 159 Å². The number of aryl methyl sites for hydroxylation is 1. The van der Waals surface area contributed by atoms with E-state index < -0.39 is 0 Å². The van der Waals surface area contributed by atoms with E-state index in [0.29, 0.717) is 12.0 Å². The van der Waals surface area contributed by atoms with Crippen LogP contribution in [0, 0.1) is 18.8 Å². The van der Waals surface area contributed by atoms with Gasteiger partial charge in [0.05, 0.1) is 17.8 Å². The van der Waals surface area contributed by atoms with E-state index in [1.165, 1.54) is 42.1 Å². The minimum atomic E-state index is 0.258. The van der Waals surface area contributed by atoms with Gasteiger partial charge in [-0.15, -0.1) is 16.4 Å². The van der Waals surface area contributed by atoms with Crippen molar-refractivity contribution in [2.45, 2.75) is 57.2 Å². The van der Waals surface area contributed by atoms with Crippen LogP contribution in [0.2, 0.25) is 0 Å². The first-order valence-corrected chi connectivity index (χ1v) is 10.8. The lowest BCUT2D eigenvalue weighted by Gasteiger charge is -2.37. The highest BCUT2D eigenvalue weighted by molar-refractivity contribution is 7.10. The van der Waals surface area contributed by atoms with Gasteiger partial charge in [-0.3, -0.25) is 4.90 Å². The van der Waals surface area contributed by atoms with Gasteiger partial charge in [-0.05, 0) is 61.5 Å². The maximum Gasteiger partial charge on any atom is 0.0858 e. The van der Waals surface area contributed by atoms with Crippen LogP contribution in [0.1, 0.15) is 53.8 Å². The number of thiophene rings is 1. The number of ether oxygens (including phenoxy) is 1. The number of fused-ring (bicyclic) bond motifs is 1. The van der Waals surface area contributed by atoms with Gasteiger partial charge in [0.1, 0.15) is 0 Å². The molecule has 0 N–H and O–H groups in total. The van der Waals surface area contributed by atoms with Crippen LogP contribution in [0.5, 0.6) is 0 Å². The fourth-order valence-corrected chi connectivity index (χ4v) is 5.88. The van der Waals surface area contributed by atoms with Gasteiger partial charge >= 0.3 is 0 Å². The molecule has 6 heteroatoms. The number of hydrogen-bond acceptors (Lipinski definition) is 5. The Kier molecular flexibility index (Phi) is 4.38. The van der Waals surface area contributed by atoms with Crippen molar-refractivity contribution in [2.75, 3.05) is 20.2 Å². The SMILES string of the molecule is CO[C@@H]1C[C@H]2CN(Cc3sccc3C)C[C@H]2C[C@H]1n1cc(C2CC2)nn1. The normalized spacial score (nSPS) is 32.1. The summed E-state index contributed by atoms with van der Waals surface area (Å²) < 4.78 is 8.02. The summed E-state index contributed by atoms with van der Waals surface area (Å²) >= 11 is 1.89. The Hall–Kier alpha value is -1.24. The molecule has 1 saturated heterocycles. The van der Waals surface area contributed by atoms with E-state index >= 15 is 0 Å². The number of hydrogen-bond donors (Lipinski definition) is 0. The van der Waals surface area contributed by atoms with Gasteiger partial charge in [0.15, 0.2) is 0 Å². The quantitative estimate of drug-likeness (QED) is 0.804. The van der Waals surface area contributed by atoms with Gasteiger partial charge in [-0.2, -0.15) is 0 Å². The molecule has 2 saturated carbocycles. The molecule has 3 heterocycles. The van der Waals surface area contributed by atoms with E-state index in [0.717, 1.165) is 31.2 Å². The molecule has 0 unspecified atom stereocenters. The van der Waals surface area contributed by atoms with Crippen molar-refractivity contribution < 1.29 is 4.74 Å². The predicted octanol–water partition coefficient (Wildman–Crippen LogP) is 3.62. The van der Waals surface area contributed by atoms with Crippen LogP contribution >= 0.6 is 11.3 Å². The molecule has 0 spiro atoms. The van der Waals surface area contributed by atoms with Crippen LogP contribution in [0.3, 0.4) is 0 Å². The Balaban J connectivity index is 1.29. The van der Waals surface area contributed by atoms with Gasteiger partial charge in [-0.25, -0.2) is 4.68 Å². The van der Waals surface area contributed by atoms with Crippen molar-refractivity contribution in [1.82, 2.24) is 19.9 Å². The molecule has 3 aliphatic rings. The third-order valence-electron chi connectivity index (χ3n) is 6.66. The zero-order valence-electron chi connectivity index (χ0n) is 15.7. The summed E-state index contributed by atoms with van der Waals surface area (Å²) in [6, 6.07) is 2.58. The Bertz CT molecular complexity index is 767. The summed E-state index contributed by atoms with van der Waals surface area (Å²) in [5, 5.41) is 11.1. The largest absolute Gasteiger partial charge is 0.379 e. The molecule has 0 aromatic carbocycles. The Morgan fingerprint density at radius 2 is 2.04 bits per heavy atom. The summed E-state index contributed by atoms with van der Waals surface area (Å²) in [6.45, 7) is 5.75. The molecular weight excluding hydrogens is 344 g/mol. The first-order valence-electron chi connectivity index (χ1n) is 9.91. The van der Waals surface area contributed by atoms with Gasteiger partial charge in [0, 0.05) is 43.7 Å². The van der Waals surface area contributed by atoms with Crippen LogP contribution in [0.25, 0.3) is 0 Å². The topological polar surface area (TPSA) is 43.2 Å². The van der Waals surface area contributed by atoms with E-state index in [1.807, 2.05) is 18.4 Å². The zero-order chi connectivity index (χ0) is 17.7. The number of likely N-dealkylation sites (tertiary alicyclic amines) is 1. The summed E-state index contributed by atoms with van der Waals surface area (Å²) in [7, 11) is 1.86. The second-order valence-electron chi connectivity index (χ2n) is 8.45. The summed E-state index contributed by atoms with van der Waals surface area (Å²) in [4.78, 5) is 4.18. The van der Waals surface area contributed by atoms with Gasteiger partial charge < -0.3 is 4.74 Å². The molecule has 3 fully saturated rings. The molecule has 2 aromatic heterocycles. The molecular formula is C20H28N4OS. The zero-order valence-corrected chi connectivity index (χ0v) is 16.5. The maximum atomic E-state index is 5.91. The van der Waals surface area contributed by atoms with Crippen LogP contribution in [0.15, 0.2) is 17.6 Å². The van der Waals surface area contributed by atoms with E-state index in [2.05, 4.69) is 44.5 Å². The molecule has 26 heavy (non-hydrogen) atoms. The highest BCUT2D eigenvalue weighted by atomic mass is 32.1. The second-order valence-corrected chi connectivity index (χ2v) is 9.45. The number of rotatable bonds is 5. The van der Waals surface area contributed by atoms with Crippen molar-refractivity contribution >= 4 is 11.3 Å². The van der Waals surface area contributed by atoms with E-state index in [4.69, 9.17) is 4.74 Å². The number of nitrogens with zero attached hydrogens (tertiary/aromatic N) is 4. The summed E-state index contributed by atoms with van der Waals surface area (Å²) in [6.07, 6.45) is 7.31. The molecule has 140 valence electrons. The third kappa shape index (κ3) is 3.12. The highest BCUT2D eigenvalue weighted by Crippen LogP contribution is 2.44. The van der Waals surface area contributed by atoms with Crippen LogP contribution in [-0.2, 0) is 11.3 Å².